The van der Waals surface area contributed by atoms with Gasteiger partial charge in [-0.05, 0) is 24.7 Å². The van der Waals surface area contributed by atoms with E-state index in [0.29, 0.717) is 11.5 Å². The third kappa shape index (κ3) is 8.82. The molecule has 0 aliphatic carbocycles. The van der Waals surface area contributed by atoms with E-state index in [2.05, 4.69) is 46.5 Å². The molecule has 0 aliphatic heterocycles. The van der Waals surface area contributed by atoms with E-state index >= 15 is 0 Å². The lowest BCUT2D eigenvalue weighted by molar-refractivity contribution is 0.382. The minimum Gasteiger partial charge on any atom is -0.386 e. The van der Waals surface area contributed by atoms with E-state index in [1.165, 1.54) is 37.8 Å². The highest BCUT2D eigenvalue weighted by Gasteiger charge is 2.14. The number of allylic oxidation sites excluding steroid dienone is 1. The molecule has 0 spiro atoms. The van der Waals surface area contributed by atoms with Gasteiger partial charge >= 0.3 is 0 Å². The van der Waals surface area contributed by atoms with Crippen LogP contribution in [0, 0.1) is 5.41 Å². The Hall–Kier alpha value is -0.460. The van der Waals surface area contributed by atoms with Crippen molar-refractivity contribution in [1.82, 2.24) is 5.32 Å². The van der Waals surface area contributed by atoms with Gasteiger partial charge in [0.25, 0.3) is 0 Å². The zero-order valence-electron chi connectivity index (χ0n) is 12.0. The number of rotatable bonds is 8. The second-order valence-corrected chi connectivity index (χ2v) is 6.09. The van der Waals surface area contributed by atoms with Crippen molar-refractivity contribution >= 4 is 0 Å². The quantitative estimate of drug-likeness (QED) is 0.580. The maximum atomic E-state index is 4.14. The molecule has 0 rings (SSSR count). The van der Waals surface area contributed by atoms with Crippen LogP contribution in [0.2, 0.25) is 0 Å². The maximum Gasteiger partial charge on any atom is 0.0255 e. The van der Waals surface area contributed by atoms with Crippen molar-refractivity contribution in [3.8, 4) is 0 Å². The number of hydrogen-bond acceptors (Lipinski definition) is 1. The van der Waals surface area contributed by atoms with Crippen LogP contribution < -0.4 is 5.32 Å². The van der Waals surface area contributed by atoms with Crippen molar-refractivity contribution in [3.63, 3.8) is 0 Å². The summed E-state index contributed by atoms with van der Waals surface area (Å²) in [5, 5.41) is 3.59. The van der Waals surface area contributed by atoms with Gasteiger partial charge in [0.15, 0.2) is 0 Å². The number of nitrogens with one attached hydrogen (secondary N) is 1. The first-order chi connectivity index (χ1) is 7.39. The molecule has 0 aliphatic rings. The largest absolute Gasteiger partial charge is 0.386 e. The predicted molar refractivity (Wildman–Crippen MR) is 74.6 cm³/mol. The smallest absolute Gasteiger partial charge is 0.0255 e. The summed E-state index contributed by atoms with van der Waals surface area (Å²) < 4.78 is 0. The van der Waals surface area contributed by atoms with Crippen LogP contribution in [0.1, 0.15) is 73.1 Å². The molecule has 0 radical (unpaired) electrons. The fraction of sp³-hybridized carbons (Fsp3) is 0.867. The fourth-order valence-electron chi connectivity index (χ4n) is 2.00. The van der Waals surface area contributed by atoms with Crippen LogP contribution in [0.3, 0.4) is 0 Å². The Labute approximate surface area is 103 Å². The molecule has 0 aromatic heterocycles. The molecule has 0 heterocycles. The van der Waals surface area contributed by atoms with Crippen LogP contribution in [0.4, 0.5) is 0 Å². The minimum atomic E-state index is 0.339. The van der Waals surface area contributed by atoms with Crippen molar-refractivity contribution in [2.45, 2.75) is 79.2 Å². The predicted octanol–water partition coefficient (Wildman–Crippen LogP) is 4.88. The molecule has 0 aromatic carbocycles. The van der Waals surface area contributed by atoms with Crippen molar-refractivity contribution in [2.75, 3.05) is 0 Å². The van der Waals surface area contributed by atoms with Gasteiger partial charge in [0, 0.05) is 11.7 Å². The van der Waals surface area contributed by atoms with Gasteiger partial charge in [0.05, 0.1) is 0 Å². The van der Waals surface area contributed by atoms with Crippen LogP contribution in [0.15, 0.2) is 12.3 Å². The molecular weight excluding hydrogens is 194 g/mol. The van der Waals surface area contributed by atoms with Gasteiger partial charge in [-0.15, -0.1) is 0 Å². The molecule has 96 valence electrons. The third-order valence-corrected chi connectivity index (χ3v) is 2.80. The fourth-order valence-corrected chi connectivity index (χ4v) is 2.00. The lowest BCUT2D eigenvalue weighted by Gasteiger charge is -2.25. The number of hydrogen-bond donors (Lipinski definition) is 1. The Morgan fingerprint density at radius 1 is 1.19 bits per heavy atom. The van der Waals surface area contributed by atoms with E-state index in [-0.39, 0.29) is 0 Å². The zero-order chi connectivity index (χ0) is 12.6. The molecule has 0 fully saturated rings. The Bertz CT molecular complexity index is 188. The van der Waals surface area contributed by atoms with Gasteiger partial charge in [-0.1, -0.05) is 60.5 Å². The Morgan fingerprint density at radius 2 is 1.81 bits per heavy atom. The Morgan fingerprint density at radius 3 is 2.25 bits per heavy atom. The molecule has 1 atom stereocenters. The average Bonchev–Trinajstić information content (AvgIpc) is 2.13. The highest BCUT2D eigenvalue weighted by molar-refractivity contribution is 4.96. The van der Waals surface area contributed by atoms with Crippen molar-refractivity contribution in [3.05, 3.63) is 12.3 Å². The Balaban J connectivity index is 3.88. The summed E-state index contributed by atoms with van der Waals surface area (Å²) in [6.45, 7) is 15.4. The maximum absolute atomic E-state index is 4.14. The van der Waals surface area contributed by atoms with Gasteiger partial charge in [-0.3, -0.25) is 0 Å². The van der Waals surface area contributed by atoms with Gasteiger partial charge < -0.3 is 5.32 Å². The first-order valence-electron chi connectivity index (χ1n) is 6.83. The Kier molecular flexibility index (Phi) is 7.53. The van der Waals surface area contributed by atoms with Crippen LogP contribution in [-0.2, 0) is 0 Å². The van der Waals surface area contributed by atoms with E-state index in [1.807, 2.05) is 0 Å². The lowest BCUT2D eigenvalue weighted by Crippen LogP contribution is -2.29. The molecule has 0 saturated heterocycles. The van der Waals surface area contributed by atoms with E-state index in [9.17, 15) is 0 Å². The van der Waals surface area contributed by atoms with E-state index < -0.39 is 0 Å². The number of unbranched alkanes of at least 4 members (excludes halogenated alkanes) is 2. The average molecular weight is 225 g/mol. The molecule has 0 bridgehead atoms. The van der Waals surface area contributed by atoms with Crippen molar-refractivity contribution < 1.29 is 0 Å². The second kappa shape index (κ2) is 7.76. The van der Waals surface area contributed by atoms with Gasteiger partial charge in [-0.25, -0.2) is 0 Å². The topological polar surface area (TPSA) is 12.0 Å². The van der Waals surface area contributed by atoms with Crippen LogP contribution in [0.5, 0.6) is 0 Å². The molecule has 0 amide bonds. The van der Waals surface area contributed by atoms with Gasteiger partial charge in [0.1, 0.15) is 0 Å². The summed E-state index contributed by atoms with van der Waals surface area (Å²) in [4.78, 5) is 0. The normalized spacial score (nSPS) is 13.6. The lowest BCUT2D eigenvalue weighted by atomic mass is 9.90. The SMILES string of the molecule is C=C(CC(C)(C)C)N[C@H](CC)CCCCC. The van der Waals surface area contributed by atoms with E-state index in [1.54, 1.807) is 0 Å². The third-order valence-electron chi connectivity index (χ3n) is 2.80. The van der Waals surface area contributed by atoms with Crippen molar-refractivity contribution in [1.29, 1.82) is 0 Å². The minimum absolute atomic E-state index is 0.339. The van der Waals surface area contributed by atoms with Crippen molar-refractivity contribution in [2.24, 2.45) is 5.41 Å². The highest BCUT2D eigenvalue weighted by atomic mass is 14.9. The summed E-state index contributed by atoms with van der Waals surface area (Å²) in [6.07, 6.45) is 7.55. The summed E-state index contributed by atoms with van der Waals surface area (Å²) in [5.74, 6) is 0. The zero-order valence-corrected chi connectivity index (χ0v) is 12.0. The molecule has 0 unspecified atom stereocenters. The monoisotopic (exact) mass is 225 g/mol. The summed E-state index contributed by atoms with van der Waals surface area (Å²) in [7, 11) is 0. The summed E-state index contributed by atoms with van der Waals surface area (Å²) >= 11 is 0. The molecule has 1 N–H and O–H groups in total. The molecule has 16 heavy (non-hydrogen) atoms. The standard InChI is InChI=1S/C15H31N/c1-7-9-10-11-14(8-2)16-13(3)12-15(4,5)6/h14,16H,3,7-12H2,1-2,4-6H3/t14-/m1/s1. The molecule has 1 heteroatoms. The van der Waals surface area contributed by atoms with Crippen LogP contribution >= 0.6 is 0 Å². The van der Waals surface area contributed by atoms with E-state index in [4.69, 9.17) is 0 Å². The molecule has 1 nitrogen and oxygen atoms in total. The molecule has 0 aromatic rings. The van der Waals surface area contributed by atoms with E-state index in [0.717, 1.165) is 6.42 Å². The molecule has 0 saturated carbocycles. The van der Waals surface area contributed by atoms with Crippen LogP contribution in [-0.4, -0.2) is 6.04 Å². The summed E-state index contributed by atoms with van der Waals surface area (Å²) in [5.41, 5.74) is 1.54. The molecular formula is C15H31N. The first kappa shape index (κ1) is 15.5. The first-order valence-corrected chi connectivity index (χ1v) is 6.83. The summed E-state index contributed by atoms with van der Waals surface area (Å²) in [6, 6.07) is 0.626. The van der Waals surface area contributed by atoms with Gasteiger partial charge in [0.2, 0.25) is 0 Å². The van der Waals surface area contributed by atoms with Crippen LogP contribution in [0.25, 0.3) is 0 Å². The highest BCUT2D eigenvalue weighted by Crippen LogP contribution is 2.22. The second-order valence-electron chi connectivity index (χ2n) is 6.09. The van der Waals surface area contributed by atoms with Gasteiger partial charge in [-0.2, -0.15) is 0 Å².